The summed E-state index contributed by atoms with van der Waals surface area (Å²) < 4.78 is 0.908. The molecule has 0 unspecified atom stereocenters. The summed E-state index contributed by atoms with van der Waals surface area (Å²) in [5.41, 5.74) is 7.79. The van der Waals surface area contributed by atoms with Crippen molar-refractivity contribution in [1.29, 1.82) is 0 Å². The van der Waals surface area contributed by atoms with Crippen LogP contribution in [0.5, 0.6) is 0 Å². The van der Waals surface area contributed by atoms with Gasteiger partial charge in [0.15, 0.2) is 0 Å². The summed E-state index contributed by atoms with van der Waals surface area (Å²) in [6, 6.07) is 23.0. The van der Waals surface area contributed by atoms with Crippen molar-refractivity contribution in [2.45, 2.75) is 42.5 Å². The van der Waals surface area contributed by atoms with Crippen LogP contribution in [-0.4, -0.2) is 27.1 Å². The van der Waals surface area contributed by atoms with E-state index in [0.29, 0.717) is 5.46 Å². The standard InChI is InChI=1S/C13H13N.C7H8BrN.C6H7BO2.2CH4.3ClH.Ir.2Y/c1-10-8-13(14-9-11(10)2)12-6-4-3-5-7-12;1-5-3-7(8)9-4-6(5)2;8-7(9)6-4-2-1-3-5-6;;;;;;;;/h3-9H,1-2H3;3-4H,1-2H3;1-5,8-9H;2*1H4;3*1H;;;/q;;;;;;;;+3;;/p-3. The van der Waals surface area contributed by atoms with Crippen LogP contribution in [0.2, 0.25) is 0 Å². The number of nitrogens with zero attached hydrogens (tertiary/aromatic N) is 2. The Morgan fingerprint density at radius 1 is 0.675 bits per heavy atom. The van der Waals surface area contributed by atoms with Crippen molar-refractivity contribution in [2.75, 3.05) is 0 Å². The summed E-state index contributed by atoms with van der Waals surface area (Å²) >= 11 is 1.37. The van der Waals surface area contributed by atoms with Gasteiger partial charge in [-0.1, -0.05) is 75.5 Å². The first kappa shape index (κ1) is 47.9. The number of hydrogen-bond acceptors (Lipinski definition) is 4. The second-order valence-corrected chi connectivity index (χ2v) is 18.7. The van der Waals surface area contributed by atoms with E-state index in [0.717, 1.165) is 10.3 Å². The second kappa shape index (κ2) is 27.5. The van der Waals surface area contributed by atoms with Crippen LogP contribution in [0.25, 0.3) is 11.3 Å². The van der Waals surface area contributed by atoms with Gasteiger partial charge in [0, 0.05) is 83.4 Å². The summed E-state index contributed by atoms with van der Waals surface area (Å²) in [5, 5.41) is 17.2. The summed E-state index contributed by atoms with van der Waals surface area (Å²) in [5.74, 6) is 0. The fraction of sp³-hybridized carbons (Fsp3) is 0.214. The van der Waals surface area contributed by atoms with Crippen molar-refractivity contribution < 1.29 is 88.9 Å². The Kier molecular flexibility index (Phi) is 32.9. The van der Waals surface area contributed by atoms with Gasteiger partial charge in [-0.25, -0.2) is 4.98 Å². The van der Waals surface area contributed by atoms with Crippen LogP contribution in [0.15, 0.2) is 89.8 Å². The van der Waals surface area contributed by atoms with Gasteiger partial charge in [0.05, 0.1) is 5.69 Å². The average molecular weight is 1000 g/mol. The van der Waals surface area contributed by atoms with Gasteiger partial charge in [-0.2, -0.15) is 0 Å². The Balaban J connectivity index is -0.000000223. The van der Waals surface area contributed by atoms with Gasteiger partial charge in [0.2, 0.25) is 0 Å². The minimum atomic E-state index is -1.92. The number of rotatable bonds is 2. The van der Waals surface area contributed by atoms with Gasteiger partial charge < -0.3 is 10.0 Å². The van der Waals surface area contributed by atoms with Gasteiger partial charge >= 0.3 is 49.3 Å². The first-order valence-corrected chi connectivity index (χ1v) is 20.3. The Bertz CT molecular complexity index is 1180. The van der Waals surface area contributed by atoms with Gasteiger partial charge in [-0.15, -0.1) is 0 Å². The molecular weight excluding hydrogens is 963 g/mol. The normalized spacial score (nSPS) is 8.90. The SMILES string of the molecule is C.C.Cc1cnc(-c2ccccc2)cc1C.Cc1cnc(Br)cc1C.OB(O)c1ccccc1.[Cl][Ir]([Cl])[Cl].[Y].[Y]. The zero-order chi connectivity index (χ0) is 27.1. The summed E-state index contributed by atoms with van der Waals surface area (Å²) in [4.78, 5) is 8.47. The molecular formula is C28H36BBrCl3IrN2O2Y2. The molecule has 12 heteroatoms. The van der Waals surface area contributed by atoms with Crippen LogP contribution >= 0.6 is 44.7 Å². The molecule has 0 aliphatic heterocycles. The third-order valence-electron chi connectivity index (χ3n) is 4.88. The first-order valence-electron chi connectivity index (χ1n) is 10.6. The van der Waals surface area contributed by atoms with E-state index < -0.39 is 20.6 Å². The van der Waals surface area contributed by atoms with Crippen molar-refractivity contribution in [3.05, 3.63) is 112 Å². The van der Waals surface area contributed by atoms with Crippen LogP contribution in [0.3, 0.4) is 0 Å². The number of halogens is 4. The third-order valence-corrected chi connectivity index (χ3v) is 5.31. The quantitative estimate of drug-likeness (QED) is 0.156. The van der Waals surface area contributed by atoms with Crippen molar-refractivity contribution in [1.82, 2.24) is 9.97 Å². The predicted octanol–water partition coefficient (Wildman–Crippen LogP) is 8.53. The maximum atomic E-state index is 8.58. The fourth-order valence-corrected chi connectivity index (χ4v) is 3.05. The average Bonchev–Trinajstić information content (AvgIpc) is 2.85. The Hall–Kier alpha value is 0.932. The molecule has 40 heavy (non-hydrogen) atoms. The van der Waals surface area contributed by atoms with Crippen molar-refractivity contribution in [2.24, 2.45) is 0 Å². The van der Waals surface area contributed by atoms with E-state index in [2.05, 4.69) is 71.8 Å². The van der Waals surface area contributed by atoms with E-state index in [1.807, 2.05) is 42.7 Å². The number of pyridine rings is 2. The molecule has 2 radical (unpaired) electrons. The Morgan fingerprint density at radius 2 is 1.07 bits per heavy atom. The molecule has 0 atom stereocenters. The maximum absolute atomic E-state index is 8.58. The van der Waals surface area contributed by atoms with Crippen LogP contribution in [-0.2, 0) is 78.9 Å². The number of aryl methyl sites for hydroxylation is 4. The molecule has 2 heterocycles. The van der Waals surface area contributed by atoms with E-state index in [1.165, 1.54) is 27.8 Å². The van der Waals surface area contributed by atoms with Crippen LogP contribution in [0.1, 0.15) is 37.1 Å². The van der Waals surface area contributed by atoms with Gasteiger partial charge in [0.1, 0.15) is 4.60 Å². The minimum Gasteiger partial charge on any atom is 0 e. The smallest absolute Gasteiger partial charge is 0 e. The van der Waals surface area contributed by atoms with Crippen molar-refractivity contribution in [3.8, 4) is 11.3 Å². The molecule has 4 nitrogen and oxygen atoms in total. The number of benzene rings is 2. The summed E-state index contributed by atoms with van der Waals surface area (Å²) in [7, 11) is 13.6. The zero-order valence-corrected chi connectivity index (χ0v) is 33.4. The van der Waals surface area contributed by atoms with Gasteiger partial charge in [-0.05, 0) is 83.5 Å². The second-order valence-electron chi connectivity index (χ2n) is 7.54. The van der Waals surface area contributed by atoms with Crippen LogP contribution in [0, 0.1) is 27.7 Å². The van der Waals surface area contributed by atoms with E-state index in [9.17, 15) is 0 Å². The van der Waals surface area contributed by atoms with Crippen LogP contribution in [0.4, 0.5) is 0 Å². The molecule has 4 aromatic rings. The third kappa shape index (κ3) is 21.6. The largest absolute Gasteiger partial charge is 0 e. The molecule has 0 spiro atoms. The molecule has 0 amide bonds. The zero-order valence-electron chi connectivity index (χ0n) is 21.4. The number of hydrogen-bond donors (Lipinski definition) is 2. The molecule has 0 aliphatic carbocycles. The molecule has 0 saturated carbocycles. The van der Waals surface area contributed by atoms with E-state index in [-0.39, 0.29) is 80.3 Å². The van der Waals surface area contributed by atoms with Crippen molar-refractivity contribution in [3.63, 3.8) is 0 Å². The Labute approximate surface area is 317 Å². The van der Waals surface area contributed by atoms with E-state index in [4.69, 9.17) is 38.8 Å². The molecule has 0 aliphatic rings. The fourth-order valence-electron chi connectivity index (χ4n) is 2.61. The molecule has 4 rings (SSSR count). The van der Waals surface area contributed by atoms with Crippen LogP contribution < -0.4 is 5.46 Å². The molecule has 2 N–H and O–H groups in total. The molecule has 216 valence electrons. The maximum Gasteiger partial charge on any atom is 0 e. The van der Waals surface area contributed by atoms with E-state index in [1.54, 1.807) is 24.3 Å². The molecule has 0 bridgehead atoms. The first-order chi connectivity index (χ1) is 17.0. The predicted molar refractivity (Wildman–Crippen MR) is 168 cm³/mol. The molecule has 2 aromatic carbocycles. The number of aromatic nitrogens is 2. The van der Waals surface area contributed by atoms with Gasteiger partial charge in [0.25, 0.3) is 0 Å². The topological polar surface area (TPSA) is 66.2 Å². The molecule has 0 saturated heterocycles. The Morgan fingerprint density at radius 3 is 1.43 bits per heavy atom. The minimum absolute atomic E-state index is 0. The molecule has 2 aromatic heterocycles. The monoisotopic (exact) mass is 998 g/mol. The summed E-state index contributed by atoms with van der Waals surface area (Å²) in [6.07, 6.45) is 3.79. The van der Waals surface area contributed by atoms with Crippen molar-refractivity contribution >= 4 is 57.3 Å². The van der Waals surface area contributed by atoms with E-state index >= 15 is 0 Å². The molecule has 0 fully saturated rings. The summed E-state index contributed by atoms with van der Waals surface area (Å²) in [6.45, 7) is 8.32. The van der Waals surface area contributed by atoms with Gasteiger partial charge in [-0.3, -0.25) is 4.98 Å².